The lowest BCUT2D eigenvalue weighted by molar-refractivity contribution is 0.180. The summed E-state index contributed by atoms with van der Waals surface area (Å²) < 4.78 is 5.43. The van der Waals surface area contributed by atoms with E-state index in [4.69, 9.17) is 33.7 Å². The predicted molar refractivity (Wildman–Crippen MR) is 123 cm³/mol. The number of hydrogen-bond donors (Lipinski definition) is 1. The molecule has 0 aromatic heterocycles. The summed E-state index contributed by atoms with van der Waals surface area (Å²) in [6.07, 6.45) is 6.16. The number of benzene rings is 2. The molecule has 2 aliphatic heterocycles. The van der Waals surface area contributed by atoms with E-state index in [2.05, 4.69) is 23.1 Å². The smallest absolute Gasteiger partial charge is 0.319 e. The Balaban J connectivity index is 1.44. The lowest BCUT2D eigenvalue weighted by Crippen LogP contribution is -2.46. The molecule has 2 heterocycles. The first-order valence-electron chi connectivity index (χ1n) is 10.0. The van der Waals surface area contributed by atoms with Crippen molar-refractivity contribution in [2.24, 2.45) is 5.73 Å². The van der Waals surface area contributed by atoms with Crippen LogP contribution in [-0.2, 0) is 5.41 Å². The summed E-state index contributed by atoms with van der Waals surface area (Å²) in [6.45, 7) is 3.41. The van der Waals surface area contributed by atoms with Crippen molar-refractivity contribution < 1.29 is 9.53 Å². The van der Waals surface area contributed by atoms with Gasteiger partial charge in [0.1, 0.15) is 5.75 Å². The number of carbonyl (C=O) groups excluding carboxylic acids is 1. The van der Waals surface area contributed by atoms with Gasteiger partial charge in [-0.3, -0.25) is 9.80 Å². The fourth-order valence-corrected chi connectivity index (χ4v) is 4.82. The predicted octanol–water partition coefficient (Wildman–Crippen LogP) is 4.95. The van der Waals surface area contributed by atoms with Crippen LogP contribution in [0.5, 0.6) is 5.75 Å². The number of primary amides is 1. The molecule has 5 nitrogen and oxygen atoms in total. The monoisotopic (exact) mass is 445 g/mol. The Hall–Kier alpha value is -2.21. The number of halogens is 2. The zero-order chi connectivity index (χ0) is 21.3. The molecular formula is C23H25Cl2N3O2. The molecule has 1 saturated heterocycles. The third kappa shape index (κ3) is 4.02. The van der Waals surface area contributed by atoms with Crippen molar-refractivity contribution >= 4 is 41.0 Å². The number of anilines is 1. The van der Waals surface area contributed by atoms with E-state index >= 15 is 0 Å². The van der Waals surface area contributed by atoms with Crippen LogP contribution in [0.2, 0.25) is 10.0 Å². The summed E-state index contributed by atoms with van der Waals surface area (Å²) in [4.78, 5) is 16.1. The van der Waals surface area contributed by atoms with Gasteiger partial charge >= 0.3 is 6.03 Å². The van der Waals surface area contributed by atoms with Gasteiger partial charge in [-0.05, 0) is 67.4 Å². The Morgan fingerprint density at radius 3 is 2.60 bits per heavy atom. The number of urea groups is 1. The van der Waals surface area contributed by atoms with Gasteiger partial charge in [-0.2, -0.15) is 0 Å². The Bertz CT molecular complexity index is 984. The Kier molecular flexibility index (Phi) is 5.96. The fraction of sp³-hybridized carbons (Fsp3) is 0.348. The number of carbonyl (C=O) groups is 1. The van der Waals surface area contributed by atoms with Crippen molar-refractivity contribution in [2.45, 2.75) is 18.3 Å². The highest BCUT2D eigenvalue weighted by molar-refractivity contribution is 6.42. The third-order valence-corrected chi connectivity index (χ3v) is 6.96. The molecule has 0 radical (unpaired) electrons. The summed E-state index contributed by atoms with van der Waals surface area (Å²) in [7, 11) is 1.66. The lowest BCUT2D eigenvalue weighted by Gasteiger charge is -2.39. The molecular weight excluding hydrogens is 421 g/mol. The Morgan fingerprint density at radius 2 is 1.93 bits per heavy atom. The molecule has 0 bridgehead atoms. The normalized spacial score (nSPS) is 18.2. The van der Waals surface area contributed by atoms with Crippen molar-refractivity contribution in [3.05, 3.63) is 63.6 Å². The first kappa shape index (κ1) is 21.0. The summed E-state index contributed by atoms with van der Waals surface area (Å²) in [5, 5.41) is 1.13. The van der Waals surface area contributed by atoms with Gasteiger partial charge in [-0.25, -0.2) is 4.79 Å². The molecule has 0 unspecified atom stereocenters. The number of amides is 2. The van der Waals surface area contributed by atoms with Crippen LogP contribution in [0.4, 0.5) is 10.5 Å². The minimum Gasteiger partial charge on any atom is -0.497 e. The van der Waals surface area contributed by atoms with Crippen molar-refractivity contribution in [3.63, 3.8) is 0 Å². The van der Waals surface area contributed by atoms with Crippen LogP contribution in [0, 0.1) is 0 Å². The molecule has 7 heteroatoms. The Morgan fingerprint density at radius 1 is 1.17 bits per heavy atom. The average Bonchev–Trinajstić information content (AvgIpc) is 3.06. The maximum atomic E-state index is 12.0. The molecule has 2 amide bonds. The molecule has 2 aliphatic rings. The molecule has 0 saturated carbocycles. The number of methoxy groups -OCH3 is 1. The van der Waals surface area contributed by atoms with E-state index in [0.29, 0.717) is 16.6 Å². The molecule has 1 fully saturated rings. The van der Waals surface area contributed by atoms with Crippen LogP contribution in [0.25, 0.3) is 6.08 Å². The molecule has 2 N–H and O–H groups in total. The summed E-state index contributed by atoms with van der Waals surface area (Å²) >= 11 is 12.1. The second kappa shape index (κ2) is 8.50. The van der Waals surface area contributed by atoms with Gasteiger partial charge in [-0.15, -0.1) is 0 Å². The number of fused-ring (bicyclic) bond motifs is 2. The van der Waals surface area contributed by atoms with E-state index in [1.807, 2.05) is 30.3 Å². The van der Waals surface area contributed by atoms with Gasteiger partial charge < -0.3 is 10.5 Å². The van der Waals surface area contributed by atoms with Gasteiger partial charge in [0.05, 0.1) is 17.2 Å². The number of rotatable bonds is 4. The second-order valence-corrected chi connectivity index (χ2v) is 8.78. The van der Waals surface area contributed by atoms with Gasteiger partial charge in [0.15, 0.2) is 0 Å². The van der Waals surface area contributed by atoms with Crippen LogP contribution in [-0.4, -0.2) is 44.2 Å². The zero-order valence-corrected chi connectivity index (χ0v) is 18.4. The van der Waals surface area contributed by atoms with Crippen molar-refractivity contribution in [1.29, 1.82) is 0 Å². The highest BCUT2D eigenvalue weighted by Crippen LogP contribution is 2.48. The number of likely N-dealkylation sites (tertiary alicyclic amines) is 1. The number of nitrogens with zero attached hydrogens (tertiary/aromatic N) is 2. The van der Waals surface area contributed by atoms with E-state index in [9.17, 15) is 4.79 Å². The minimum absolute atomic E-state index is 0.0666. The van der Waals surface area contributed by atoms with Crippen molar-refractivity contribution in [2.75, 3.05) is 38.2 Å². The maximum Gasteiger partial charge on any atom is 0.319 e. The summed E-state index contributed by atoms with van der Waals surface area (Å²) in [5.41, 5.74) is 8.71. The number of piperidine rings is 1. The third-order valence-electron chi connectivity index (χ3n) is 6.22. The van der Waals surface area contributed by atoms with Gasteiger partial charge in [0.2, 0.25) is 0 Å². The zero-order valence-electron chi connectivity index (χ0n) is 16.9. The van der Waals surface area contributed by atoms with E-state index in [1.54, 1.807) is 12.0 Å². The number of nitrogens with two attached hydrogens (primary N) is 1. The highest BCUT2D eigenvalue weighted by atomic mass is 35.5. The summed E-state index contributed by atoms with van der Waals surface area (Å²) in [5.74, 6) is 0.812. The minimum atomic E-state index is -0.398. The number of ether oxygens (including phenoxy) is 1. The van der Waals surface area contributed by atoms with E-state index in [0.717, 1.165) is 49.5 Å². The number of hydrogen-bond acceptors (Lipinski definition) is 3. The first-order chi connectivity index (χ1) is 14.4. The molecule has 4 rings (SSSR count). The highest BCUT2D eigenvalue weighted by Gasteiger charge is 2.46. The fourth-order valence-electron chi connectivity index (χ4n) is 4.52. The van der Waals surface area contributed by atoms with Crippen LogP contribution < -0.4 is 15.4 Å². The molecule has 2 aromatic carbocycles. The van der Waals surface area contributed by atoms with Crippen molar-refractivity contribution in [3.8, 4) is 5.75 Å². The average molecular weight is 446 g/mol. The molecule has 0 aliphatic carbocycles. The first-order valence-corrected chi connectivity index (χ1v) is 10.8. The lowest BCUT2D eigenvalue weighted by atomic mass is 9.74. The molecule has 2 aromatic rings. The van der Waals surface area contributed by atoms with Crippen LogP contribution in [0.1, 0.15) is 24.0 Å². The van der Waals surface area contributed by atoms with Gasteiger partial charge in [0.25, 0.3) is 0 Å². The van der Waals surface area contributed by atoms with E-state index in [-0.39, 0.29) is 5.41 Å². The quantitative estimate of drug-likeness (QED) is 0.723. The summed E-state index contributed by atoms with van der Waals surface area (Å²) in [6, 6.07) is 11.1. The maximum absolute atomic E-state index is 12.0. The molecule has 30 heavy (non-hydrogen) atoms. The molecule has 158 valence electrons. The standard InChI is InChI=1S/C23H25Cl2N3O2/c1-30-17-5-7-21-18(14-17)23(15-28(21)22(26)29)8-11-27(12-9-23)10-2-3-16-4-6-19(24)20(25)13-16/h2-7,13-14H,8-12,15H2,1H3,(H2,26,29). The van der Waals surface area contributed by atoms with Crippen LogP contribution in [0.3, 0.4) is 0 Å². The van der Waals surface area contributed by atoms with Gasteiger partial charge in [0, 0.05) is 24.2 Å². The van der Waals surface area contributed by atoms with Gasteiger partial charge in [-0.1, -0.05) is 41.4 Å². The van der Waals surface area contributed by atoms with Crippen LogP contribution in [0.15, 0.2) is 42.5 Å². The largest absolute Gasteiger partial charge is 0.497 e. The molecule has 1 spiro atoms. The topological polar surface area (TPSA) is 58.8 Å². The van der Waals surface area contributed by atoms with E-state index < -0.39 is 6.03 Å². The van der Waals surface area contributed by atoms with Crippen LogP contribution >= 0.6 is 23.2 Å². The molecule has 0 atom stereocenters. The Labute approximate surface area is 187 Å². The second-order valence-electron chi connectivity index (χ2n) is 7.96. The SMILES string of the molecule is COc1ccc2c(c1)C1(CCN(CC=Cc3ccc(Cl)c(Cl)c3)CC1)CN2C(N)=O. The van der Waals surface area contributed by atoms with E-state index in [1.165, 1.54) is 5.56 Å². The van der Waals surface area contributed by atoms with Crippen molar-refractivity contribution in [1.82, 2.24) is 4.90 Å².